The lowest BCUT2D eigenvalue weighted by molar-refractivity contribution is 1.12. The van der Waals surface area contributed by atoms with Gasteiger partial charge in [-0.3, -0.25) is 4.98 Å². The van der Waals surface area contributed by atoms with Gasteiger partial charge in [-0.2, -0.15) is 0 Å². The summed E-state index contributed by atoms with van der Waals surface area (Å²) in [6.45, 7) is 2.13. The zero-order chi connectivity index (χ0) is 17.8. The number of benzene rings is 3. The van der Waals surface area contributed by atoms with E-state index in [9.17, 15) is 0 Å². The quantitative estimate of drug-likeness (QED) is 0.425. The number of pyridine rings is 1. The Kier molecular flexibility index (Phi) is 4.61. The summed E-state index contributed by atoms with van der Waals surface area (Å²) in [5.41, 5.74) is 8.51. The summed E-state index contributed by atoms with van der Waals surface area (Å²) in [6.07, 6.45) is 2.92. The van der Waals surface area contributed by atoms with Gasteiger partial charge in [0.25, 0.3) is 0 Å². The molecule has 0 fully saturated rings. The maximum atomic E-state index is 4.69. The van der Waals surface area contributed by atoms with E-state index in [1.165, 1.54) is 27.8 Å². The number of hydrogen-bond acceptors (Lipinski definition) is 1. The molecule has 126 valence electrons. The molecule has 0 aliphatic carbocycles. The van der Waals surface area contributed by atoms with Gasteiger partial charge in [-0.25, -0.2) is 0 Å². The van der Waals surface area contributed by atoms with Gasteiger partial charge in [-0.1, -0.05) is 78.9 Å². The van der Waals surface area contributed by atoms with Crippen LogP contribution < -0.4 is 0 Å². The number of hydrogen-bond donors (Lipinski definition) is 0. The Bertz CT molecular complexity index is 1000. The normalized spacial score (nSPS) is 10.7. The molecule has 0 aliphatic heterocycles. The first kappa shape index (κ1) is 16.3. The van der Waals surface area contributed by atoms with Crippen LogP contribution in [0.2, 0.25) is 0 Å². The number of rotatable bonds is 4. The van der Waals surface area contributed by atoms with Gasteiger partial charge in [-0.15, -0.1) is 0 Å². The predicted octanol–water partition coefficient (Wildman–Crippen LogP) is 6.31. The van der Waals surface area contributed by atoms with E-state index in [1.807, 2.05) is 12.3 Å². The topological polar surface area (TPSA) is 12.9 Å². The molecule has 0 saturated carbocycles. The Morgan fingerprint density at radius 3 is 2.08 bits per heavy atom. The average Bonchev–Trinajstić information content (AvgIpc) is 2.71. The van der Waals surface area contributed by atoms with Crippen molar-refractivity contribution in [3.05, 3.63) is 114 Å². The molecule has 0 spiro atoms. The maximum Gasteiger partial charge on any atom is 0.0705 e. The molecule has 1 nitrogen and oxygen atoms in total. The van der Waals surface area contributed by atoms with Crippen LogP contribution in [0.1, 0.15) is 16.7 Å². The third-order valence-corrected chi connectivity index (χ3v) is 4.72. The molecule has 0 amide bonds. The predicted molar refractivity (Wildman–Crippen MR) is 109 cm³/mol. The number of aromatic nitrogens is 1. The Morgan fingerprint density at radius 1 is 0.654 bits per heavy atom. The van der Waals surface area contributed by atoms with Crippen molar-refractivity contribution in [1.82, 2.24) is 4.98 Å². The van der Waals surface area contributed by atoms with Crippen molar-refractivity contribution in [1.29, 1.82) is 0 Å². The molecule has 1 heteroatoms. The Hall–Kier alpha value is -3.19. The molecule has 0 unspecified atom stereocenters. The van der Waals surface area contributed by atoms with Crippen LogP contribution in [0.15, 0.2) is 97.2 Å². The highest BCUT2D eigenvalue weighted by atomic mass is 14.7. The summed E-state index contributed by atoms with van der Waals surface area (Å²) >= 11 is 0. The summed E-state index contributed by atoms with van der Waals surface area (Å²) in [5, 5.41) is 0. The van der Waals surface area contributed by atoms with Crippen molar-refractivity contribution in [2.24, 2.45) is 0 Å². The van der Waals surface area contributed by atoms with Crippen molar-refractivity contribution in [2.75, 3.05) is 0 Å². The van der Waals surface area contributed by atoms with Gasteiger partial charge < -0.3 is 0 Å². The smallest absolute Gasteiger partial charge is 0.0705 e. The van der Waals surface area contributed by atoms with Crippen molar-refractivity contribution < 1.29 is 0 Å². The van der Waals surface area contributed by atoms with E-state index >= 15 is 0 Å². The van der Waals surface area contributed by atoms with E-state index in [0.717, 1.165) is 17.7 Å². The van der Waals surface area contributed by atoms with Crippen LogP contribution in [-0.2, 0) is 6.42 Å². The first-order valence-corrected chi connectivity index (χ1v) is 8.95. The minimum atomic E-state index is 0.931. The molecule has 4 aromatic rings. The SMILES string of the molecule is Cc1cnc(-c2cccc(-c3ccccc3)c2)cc1Cc1ccccc1. The Balaban J connectivity index is 1.69. The molecule has 3 aromatic carbocycles. The van der Waals surface area contributed by atoms with Crippen molar-refractivity contribution in [3.63, 3.8) is 0 Å². The zero-order valence-electron chi connectivity index (χ0n) is 14.9. The molecule has 1 aromatic heterocycles. The first-order valence-electron chi connectivity index (χ1n) is 8.95. The van der Waals surface area contributed by atoms with Crippen LogP contribution in [0.4, 0.5) is 0 Å². The summed E-state index contributed by atoms with van der Waals surface area (Å²) in [6, 6.07) is 31.9. The van der Waals surface area contributed by atoms with Gasteiger partial charge in [-0.05, 0) is 53.3 Å². The molecule has 0 bridgehead atoms. The third-order valence-electron chi connectivity index (χ3n) is 4.72. The lowest BCUT2D eigenvalue weighted by Crippen LogP contribution is -1.95. The lowest BCUT2D eigenvalue weighted by atomic mass is 9.98. The standard InChI is InChI=1S/C25H21N/c1-19-18-26-25(17-24(19)15-20-9-4-2-5-10-20)23-14-8-13-22(16-23)21-11-6-3-7-12-21/h2-14,16-18H,15H2,1H3. The molecule has 0 atom stereocenters. The van der Waals surface area contributed by atoms with Crippen molar-refractivity contribution >= 4 is 0 Å². The van der Waals surface area contributed by atoms with Crippen molar-refractivity contribution in [2.45, 2.75) is 13.3 Å². The second-order valence-electron chi connectivity index (χ2n) is 6.61. The highest BCUT2D eigenvalue weighted by Crippen LogP contribution is 2.27. The van der Waals surface area contributed by atoms with Gasteiger partial charge in [0.15, 0.2) is 0 Å². The van der Waals surface area contributed by atoms with Gasteiger partial charge in [0.05, 0.1) is 5.69 Å². The molecule has 1 heterocycles. The average molecular weight is 335 g/mol. The summed E-state index contributed by atoms with van der Waals surface area (Å²) < 4.78 is 0. The molecular formula is C25H21N. The van der Waals surface area contributed by atoms with Crippen LogP contribution in [0.3, 0.4) is 0 Å². The molecular weight excluding hydrogens is 314 g/mol. The van der Waals surface area contributed by atoms with E-state index in [4.69, 9.17) is 0 Å². The largest absolute Gasteiger partial charge is 0.256 e. The van der Waals surface area contributed by atoms with Crippen molar-refractivity contribution in [3.8, 4) is 22.4 Å². The maximum absolute atomic E-state index is 4.69. The molecule has 0 aliphatic rings. The van der Waals surface area contributed by atoms with Gasteiger partial charge in [0, 0.05) is 11.8 Å². The number of aryl methyl sites for hydroxylation is 1. The summed E-state index contributed by atoms with van der Waals surface area (Å²) in [7, 11) is 0. The van der Waals surface area contributed by atoms with E-state index in [0.29, 0.717) is 0 Å². The van der Waals surface area contributed by atoms with Crippen LogP contribution in [0.5, 0.6) is 0 Å². The van der Waals surface area contributed by atoms with E-state index in [2.05, 4.69) is 96.8 Å². The Labute approximate surface area is 155 Å². The van der Waals surface area contributed by atoms with E-state index in [1.54, 1.807) is 0 Å². The highest BCUT2D eigenvalue weighted by molar-refractivity contribution is 5.71. The van der Waals surface area contributed by atoms with E-state index < -0.39 is 0 Å². The molecule has 4 rings (SSSR count). The number of nitrogens with zero attached hydrogens (tertiary/aromatic N) is 1. The van der Waals surface area contributed by atoms with Gasteiger partial charge in [0.1, 0.15) is 0 Å². The zero-order valence-corrected chi connectivity index (χ0v) is 14.9. The summed E-state index contributed by atoms with van der Waals surface area (Å²) in [4.78, 5) is 4.69. The fourth-order valence-corrected chi connectivity index (χ4v) is 3.22. The monoisotopic (exact) mass is 335 g/mol. The Morgan fingerprint density at radius 2 is 1.31 bits per heavy atom. The van der Waals surface area contributed by atoms with E-state index in [-0.39, 0.29) is 0 Å². The first-order chi connectivity index (χ1) is 12.8. The molecule has 0 saturated heterocycles. The molecule has 0 N–H and O–H groups in total. The van der Waals surface area contributed by atoms with Gasteiger partial charge >= 0.3 is 0 Å². The van der Waals surface area contributed by atoms with Crippen LogP contribution in [0.25, 0.3) is 22.4 Å². The van der Waals surface area contributed by atoms with Crippen LogP contribution in [0, 0.1) is 6.92 Å². The minimum Gasteiger partial charge on any atom is -0.256 e. The second kappa shape index (κ2) is 7.37. The highest BCUT2D eigenvalue weighted by Gasteiger charge is 2.07. The minimum absolute atomic E-state index is 0.931. The van der Waals surface area contributed by atoms with Gasteiger partial charge in [0.2, 0.25) is 0 Å². The molecule has 26 heavy (non-hydrogen) atoms. The second-order valence-corrected chi connectivity index (χ2v) is 6.61. The summed E-state index contributed by atoms with van der Waals surface area (Å²) in [5.74, 6) is 0. The van der Waals surface area contributed by atoms with Crippen LogP contribution >= 0.6 is 0 Å². The third kappa shape index (κ3) is 3.57. The fraction of sp³-hybridized carbons (Fsp3) is 0.0800. The fourth-order valence-electron chi connectivity index (χ4n) is 3.22. The molecule has 0 radical (unpaired) electrons. The lowest BCUT2D eigenvalue weighted by Gasteiger charge is -2.10. The van der Waals surface area contributed by atoms with Crippen LogP contribution in [-0.4, -0.2) is 4.98 Å².